The number of hydrogen-bond acceptors (Lipinski definition) is 5. The highest BCUT2D eigenvalue weighted by Gasteiger charge is 2.23. The Bertz CT molecular complexity index is 660. The van der Waals surface area contributed by atoms with E-state index in [1.54, 1.807) is 18.1 Å². The van der Waals surface area contributed by atoms with Crippen LogP contribution >= 0.6 is 23.4 Å². The molecule has 3 rings (SSSR count). The molecule has 0 spiro atoms. The monoisotopic (exact) mass is 349 g/mol. The molecule has 0 amide bonds. The van der Waals surface area contributed by atoms with Crippen molar-refractivity contribution in [3.8, 4) is 0 Å². The van der Waals surface area contributed by atoms with E-state index >= 15 is 0 Å². The lowest BCUT2D eigenvalue weighted by atomic mass is 10.2. The molecule has 2 heterocycles. The Morgan fingerprint density at radius 2 is 1.96 bits per heavy atom. The van der Waals surface area contributed by atoms with Crippen molar-refractivity contribution in [1.82, 2.24) is 9.97 Å². The zero-order chi connectivity index (χ0) is 16.2. The van der Waals surface area contributed by atoms with Crippen molar-refractivity contribution in [1.29, 1.82) is 0 Å². The van der Waals surface area contributed by atoms with E-state index in [4.69, 9.17) is 16.3 Å². The summed E-state index contributed by atoms with van der Waals surface area (Å²) in [6, 6.07) is 9.96. The molecule has 0 bridgehead atoms. The highest BCUT2D eigenvalue weighted by molar-refractivity contribution is 7.98. The Morgan fingerprint density at radius 1 is 1.22 bits per heavy atom. The van der Waals surface area contributed by atoms with Crippen LogP contribution in [-0.2, 0) is 10.5 Å². The van der Waals surface area contributed by atoms with Crippen LogP contribution in [0.4, 0.5) is 5.82 Å². The number of halogens is 1. The van der Waals surface area contributed by atoms with Crippen molar-refractivity contribution in [3.63, 3.8) is 0 Å². The minimum atomic E-state index is 0.216. The maximum atomic E-state index is 6.21. The van der Waals surface area contributed by atoms with Gasteiger partial charge in [-0.3, -0.25) is 0 Å². The third kappa shape index (κ3) is 4.37. The Hall–Kier alpha value is -1.30. The number of nitrogens with zero attached hydrogens (tertiary/aromatic N) is 3. The Labute approximate surface area is 146 Å². The fraction of sp³-hybridized carbons (Fsp3) is 0.412. The molecule has 1 saturated heterocycles. The third-order valence-electron chi connectivity index (χ3n) is 3.70. The molecule has 1 aromatic heterocycles. The molecule has 4 nitrogen and oxygen atoms in total. The van der Waals surface area contributed by atoms with E-state index in [0.29, 0.717) is 0 Å². The first kappa shape index (κ1) is 16.6. The lowest BCUT2D eigenvalue weighted by molar-refractivity contribution is -0.00548. The van der Waals surface area contributed by atoms with Gasteiger partial charge in [-0.1, -0.05) is 29.8 Å². The molecule has 0 N–H and O–H groups in total. The Kier molecular flexibility index (Phi) is 5.41. The van der Waals surface area contributed by atoms with Gasteiger partial charge >= 0.3 is 0 Å². The standard InChI is InChI=1S/C17H20ClN3OS/c1-12-8-21(9-13(2)22-12)16-7-17(20-11-19-16)23-10-14-5-3-4-6-15(14)18/h3-7,11-13H,8-10H2,1-2H3. The number of anilines is 1. The topological polar surface area (TPSA) is 38.2 Å². The largest absolute Gasteiger partial charge is 0.372 e. The van der Waals surface area contributed by atoms with E-state index in [9.17, 15) is 0 Å². The molecule has 6 heteroatoms. The van der Waals surface area contributed by atoms with Gasteiger partial charge in [0.1, 0.15) is 17.2 Å². The van der Waals surface area contributed by atoms with Crippen LogP contribution in [-0.4, -0.2) is 35.3 Å². The predicted molar refractivity (Wildman–Crippen MR) is 95.3 cm³/mol. The average molecular weight is 350 g/mol. The smallest absolute Gasteiger partial charge is 0.133 e. The molecule has 0 aliphatic carbocycles. The summed E-state index contributed by atoms with van der Waals surface area (Å²) in [7, 11) is 0. The minimum absolute atomic E-state index is 0.216. The molecule has 23 heavy (non-hydrogen) atoms. The first-order valence-electron chi connectivity index (χ1n) is 7.70. The van der Waals surface area contributed by atoms with Crippen LogP contribution in [0.3, 0.4) is 0 Å². The van der Waals surface area contributed by atoms with Crippen molar-refractivity contribution in [2.45, 2.75) is 36.8 Å². The van der Waals surface area contributed by atoms with E-state index in [2.05, 4.69) is 28.7 Å². The molecule has 2 atom stereocenters. The summed E-state index contributed by atoms with van der Waals surface area (Å²) in [6.45, 7) is 5.90. The first-order chi connectivity index (χ1) is 11.1. The summed E-state index contributed by atoms with van der Waals surface area (Å²) in [5.74, 6) is 1.76. The zero-order valence-electron chi connectivity index (χ0n) is 13.3. The summed E-state index contributed by atoms with van der Waals surface area (Å²) in [5, 5.41) is 1.76. The van der Waals surface area contributed by atoms with Gasteiger partial charge in [0.05, 0.1) is 12.2 Å². The molecule has 0 saturated carbocycles. The fourth-order valence-electron chi connectivity index (χ4n) is 2.71. The minimum Gasteiger partial charge on any atom is -0.372 e. The second-order valence-electron chi connectivity index (χ2n) is 5.76. The number of morpholine rings is 1. The van der Waals surface area contributed by atoms with Crippen LogP contribution in [0.15, 0.2) is 41.7 Å². The van der Waals surface area contributed by atoms with Crippen molar-refractivity contribution in [2.75, 3.05) is 18.0 Å². The summed E-state index contributed by atoms with van der Waals surface area (Å²) in [4.78, 5) is 11.1. The molecule has 1 fully saturated rings. The summed E-state index contributed by atoms with van der Waals surface area (Å²) in [6.07, 6.45) is 2.07. The molecular weight excluding hydrogens is 330 g/mol. The SMILES string of the molecule is CC1CN(c2cc(SCc3ccccc3Cl)ncn2)CC(C)O1. The molecular formula is C17H20ClN3OS. The molecule has 0 radical (unpaired) electrons. The second kappa shape index (κ2) is 7.51. The number of hydrogen-bond donors (Lipinski definition) is 0. The number of ether oxygens (including phenoxy) is 1. The molecule has 122 valence electrons. The molecule has 2 unspecified atom stereocenters. The van der Waals surface area contributed by atoms with Crippen LogP contribution < -0.4 is 4.90 Å². The van der Waals surface area contributed by atoms with Crippen molar-refractivity contribution in [3.05, 3.63) is 47.2 Å². The normalized spacial score (nSPS) is 21.4. The quantitative estimate of drug-likeness (QED) is 0.615. The van der Waals surface area contributed by atoms with Crippen LogP contribution in [0.1, 0.15) is 19.4 Å². The maximum absolute atomic E-state index is 6.21. The van der Waals surface area contributed by atoms with Gasteiger partial charge in [-0.2, -0.15) is 0 Å². The van der Waals surface area contributed by atoms with E-state index in [-0.39, 0.29) is 12.2 Å². The average Bonchev–Trinajstić information content (AvgIpc) is 2.53. The first-order valence-corrected chi connectivity index (χ1v) is 9.07. The summed E-state index contributed by atoms with van der Waals surface area (Å²) < 4.78 is 5.78. The van der Waals surface area contributed by atoms with Crippen molar-refractivity contribution < 1.29 is 4.74 Å². The van der Waals surface area contributed by atoms with Crippen LogP contribution in [0, 0.1) is 0 Å². The van der Waals surface area contributed by atoms with E-state index in [1.807, 2.05) is 30.3 Å². The van der Waals surface area contributed by atoms with Crippen LogP contribution in [0.5, 0.6) is 0 Å². The van der Waals surface area contributed by atoms with Gasteiger partial charge in [-0.15, -0.1) is 11.8 Å². The Balaban J connectivity index is 1.69. The van der Waals surface area contributed by atoms with Gasteiger partial charge in [0.25, 0.3) is 0 Å². The lowest BCUT2D eigenvalue weighted by Crippen LogP contribution is -2.45. The Morgan fingerprint density at radius 3 is 2.70 bits per heavy atom. The number of aromatic nitrogens is 2. The van der Waals surface area contributed by atoms with E-state index in [1.165, 1.54) is 0 Å². The fourth-order valence-corrected chi connectivity index (χ4v) is 3.86. The maximum Gasteiger partial charge on any atom is 0.133 e. The van der Waals surface area contributed by atoms with Gasteiger partial charge < -0.3 is 9.64 Å². The number of benzene rings is 1. The molecule has 1 aromatic carbocycles. The molecule has 2 aromatic rings. The van der Waals surface area contributed by atoms with Crippen LogP contribution in [0.25, 0.3) is 0 Å². The lowest BCUT2D eigenvalue weighted by Gasteiger charge is -2.36. The molecule has 1 aliphatic heterocycles. The van der Waals surface area contributed by atoms with E-state index < -0.39 is 0 Å². The van der Waals surface area contributed by atoms with Crippen molar-refractivity contribution in [2.24, 2.45) is 0 Å². The van der Waals surface area contributed by atoms with Crippen molar-refractivity contribution >= 4 is 29.2 Å². The summed E-state index contributed by atoms with van der Waals surface area (Å²) in [5.41, 5.74) is 1.12. The number of thioether (sulfide) groups is 1. The van der Waals surface area contributed by atoms with E-state index in [0.717, 1.165) is 40.3 Å². The second-order valence-corrected chi connectivity index (χ2v) is 7.16. The van der Waals surface area contributed by atoms with Gasteiger partial charge in [0, 0.05) is 29.9 Å². The highest BCUT2D eigenvalue weighted by atomic mass is 35.5. The van der Waals surface area contributed by atoms with Gasteiger partial charge in [-0.05, 0) is 25.5 Å². The summed E-state index contributed by atoms with van der Waals surface area (Å²) >= 11 is 7.88. The van der Waals surface area contributed by atoms with Gasteiger partial charge in [-0.25, -0.2) is 9.97 Å². The van der Waals surface area contributed by atoms with Gasteiger partial charge in [0.2, 0.25) is 0 Å². The van der Waals surface area contributed by atoms with Crippen LogP contribution in [0.2, 0.25) is 5.02 Å². The zero-order valence-corrected chi connectivity index (χ0v) is 14.8. The predicted octanol–water partition coefficient (Wildman–Crippen LogP) is 4.04. The third-order valence-corrected chi connectivity index (χ3v) is 5.05. The number of rotatable bonds is 4. The molecule has 1 aliphatic rings. The van der Waals surface area contributed by atoms with Gasteiger partial charge in [0.15, 0.2) is 0 Å². The highest BCUT2D eigenvalue weighted by Crippen LogP contribution is 2.27.